The van der Waals surface area contributed by atoms with Crippen LogP contribution in [0.4, 0.5) is 0 Å². The van der Waals surface area contributed by atoms with Crippen LogP contribution >= 0.6 is 11.6 Å². The summed E-state index contributed by atoms with van der Waals surface area (Å²) in [6, 6.07) is 4.87. The first-order chi connectivity index (χ1) is 12.4. The van der Waals surface area contributed by atoms with Crippen molar-refractivity contribution in [2.45, 2.75) is 18.3 Å². The van der Waals surface area contributed by atoms with Crippen LogP contribution < -0.4 is 10.6 Å². The second-order valence-electron chi connectivity index (χ2n) is 6.48. The molecular weight excluding hydrogens is 360 g/mol. The molecule has 0 aromatic heterocycles. The summed E-state index contributed by atoms with van der Waals surface area (Å²) < 4.78 is 4.47. The largest absolute Gasteiger partial charge is 0.468 e. The predicted octanol–water partition coefficient (Wildman–Crippen LogP) is 0.632. The van der Waals surface area contributed by atoms with Crippen LogP contribution in [0.25, 0.3) is 0 Å². The molecular formula is C18H19ClN2O5. The number of ketones is 2. The van der Waals surface area contributed by atoms with E-state index in [-0.39, 0.29) is 0 Å². The van der Waals surface area contributed by atoms with Crippen molar-refractivity contribution in [1.82, 2.24) is 10.6 Å². The minimum absolute atomic E-state index is 0.303. The van der Waals surface area contributed by atoms with E-state index in [2.05, 4.69) is 15.4 Å². The van der Waals surface area contributed by atoms with Gasteiger partial charge >= 0.3 is 5.97 Å². The lowest BCUT2D eigenvalue weighted by atomic mass is 9.60. The molecule has 2 N–H and O–H groups in total. The first-order valence-electron chi connectivity index (χ1n) is 8.34. The fourth-order valence-electron chi connectivity index (χ4n) is 3.76. The van der Waals surface area contributed by atoms with Crippen molar-refractivity contribution in [2.24, 2.45) is 5.92 Å². The number of hydrogen-bond acceptors (Lipinski definition) is 6. The number of fused-ring (bicyclic) bond motifs is 2. The maximum atomic E-state index is 13.3. The van der Waals surface area contributed by atoms with Gasteiger partial charge in [0.1, 0.15) is 6.54 Å². The predicted molar refractivity (Wildman–Crippen MR) is 93.1 cm³/mol. The van der Waals surface area contributed by atoms with Gasteiger partial charge in [0.15, 0.2) is 17.5 Å². The van der Waals surface area contributed by atoms with Gasteiger partial charge in [0.2, 0.25) is 5.91 Å². The lowest BCUT2D eigenvalue weighted by molar-refractivity contribution is -0.143. The SMILES string of the molecule is COC(=O)CNC(=O)C1C(=O)c2cc(Cl)ccc2C2(CCNCC2)C1=O. The van der Waals surface area contributed by atoms with E-state index >= 15 is 0 Å². The van der Waals surface area contributed by atoms with E-state index < -0.39 is 41.3 Å². The molecule has 0 saturated carbocycles. The first kappa shape index (κ1) is 18.5. The Hall–Kier alpha value is -2.25. The van der Waals surface area contributed by atoms with E-state index in [1.54, 1.807) is 12.1 Å². The van der Waals surface area contributed by atoms with E-state index in [9.17, 15) is 19.2 Å². The molecule has 1 aromatic carbocycles. The molecule has 0 radical (unpaired) electrons. The number of esters is 1. The van der Waals surface area contributed by atoms with Gasteiger partial charge in [-0.15, -0.1) is 0 Å². The highest BCUT2D eigenvalue weighted by Gasteiger charge is 2.54. The summed E-state index contributed by atoms with van der Waals surface area (Å²) in [4.78, 5) is 50.0. The van der Waals surface area contributed by atoms with Crippen LogP contribution in [-0.4, -0.2) is 50.2 Å². The van der Waals surface area contributed by atoms with Gasteiger partial charge in [-0.3, -0.25) is 19.2 Å². The molecule has 1 atom stereocenters. The summed E-state index contributed by atoms with van der Waals surface area (Å²) in [5.41, 5.74) is 0.0412. The second kappa shape index (κ2) is 7.17. The van der Waals surface area contributed by atoms with Crippen LogP contribution in [0.1, 0.15) is 28.8 Å². The van der Waals surface area contributed by atoms with Crippen molar-refractivity contribution in [3.8, 4) is 0 Å². The fourth-order valence-corrected chi connectivity index (χ4v) is 3.93. The summed E-state index contributed by atoms with van der Waals surface area (Å²) in [7, 11) is 1.19. The van der Waals surface area contributed by atoms with Crippen LogP contribution in [0.2, 0.25) is 5.02 Å². The maximum Gasteiger partial charge on any atom is 0.325 e. The molecule has 1 spiro atoms. The van der Waals surface area contributed by atoms with Gasteiger partial charge in [0.05, 0.1) is 12.5 Å². The van der Waals surface area contributed by atoms with E-state index in [0.29, 0.717) is 42.1 Å². The molecule has 1 unspecified atom stereocenters. The maximum absolute atomic E-state index is 13.3. The highest BCUT2D eigenvalue weighted by Crippen LogP contribution is 2.44. The normalized spacial score (nSPS) is 21.2. The average molecular weight is 379 g/mol. The first-order valence-corrected chi connectivity index (χ1v) is 8.72. The van der Waals surface area contributed by atoms with Crippen molar-refractivity contribution in [3.63, 3.8) is 0 Å². The average Bonchev–Trinajstić information content (AvgIpc) is 2.65. The number of benzene rings is 1. The highest BCUT2D eigenvalue weighted by atomic mass is 35.5. The smallest absolute Gasteiger partial charge is 0.325 e. The summed E-state index contributed by atoms with van der Waals surface area (Å²) in [5.74, 6) is -3.92. The van der Waals surface area contributed by atoms with Crippen LogP contribution in [0.3, 0.4) is 0 Å². The van der Waals surface area contributed by atoms with E-state index in [0.717, 1.165) is 0 Å². The monoisotopic (exact) mass is 378 g/mol. The van der Waals surface area contributed by atoms with Crippen molar-refractivity contribution < 1.29 is 23.9 Å². The van der Waals surface area contributed by atoms with Crippen molar-refractivity contribution in [3.05, 3.63) is 34.3 Å². The van der Waals surface area contributed by atoms with Gasteiger partial charge in [0.25, 0.3) is 0 Å². The fraction of sp³-hybridized carbons (Fsp3) is 0.444. The molecule has 1 amide bonds. The summed E-state index contributed by atoms with van der Waals surface area (Å²) >= 11 is 6.04. The number of methoxy groups -OCH3 is 1. The van der Waals surface area contributed by atoms with Gasteiger partial charge < -0.3 is 15.4 Å². The molecule has 1 heterocycles. The van der Waals surface area contributed by atoms with Crippen LogP contribution in [-0.2, 0) is 24.5 Å². The topological polar surface area (TPSA) is 102 Å². The molecule has 26 heavy (non-hydrogen) atoms. The number of nitrogens with one attached hydrogen (secondary N) is 2. The third kappa shape index (κ3) is 3.01. The zero-order valence-corrected chi connectivity index (χ0v) is 15.0. The lowest BCUT2D eigenvalue weighted by Gasteiger charge is -2.42. The Morgan fingerprint density at radius 1 is 1.31 bits per heavy atom. The molecule has 1 aliphatic carbocycles. The zero-order chi connectivity index (χ0) is 18.9. The number of amides is 1. The Morgan fingerprint density at radius 3 is 2.65 bits per heavy atom. The van der Waals surface area contributed by atoms with E-state index in [4.69, 9.17) is 11.6 Å². The Balaban J connectivity index is 2.02. The van der Waals surface area contributed by atoms with Crippen molar-refractivity contribution in [2.75, 3.05) is 26.7 Å². The molecule has 1 aliphatic heterocycles. The number of piperidine rings is 1. The number of ether oxygens (including phenoxy) is 1. The third-order valence-electron chi connectivity index (χ3n) is 5.11. The number of hydrogen-bond donors (Lipinski definition) is 2. The number of halogens is 1. The second-order valence-corrected chi connectivity index (χ2v) is 6.91. The molecule has 138 valence electrons. The van der Waals surface area contributed by atoms with Crippen LogP contribution in [0.15, 0.2) is 18.2 Å². The summed E-state index contributed by atoms with van der Waals surface area (Å²) in [6.45, 7) is 0.820. The lowest BCUT2D eigenvalue weighted by Crippen LogP contribution is -2.56. The Morgan fingerprint density at radius 2 is 2.00 bits per heavy atom. The number of carbonyl (C=O) groups is 4. The molecule has 2 aliphatic rings. The molecule has 3 rings (SSSR count). The van der Waals surface area contributed by atoms with Gasteiger partial charge in [-0.2, -0.15) is 0 Å². The van der Waals surface area contributed by atoms with Crippen molar-refractivity contribution in [1.29, 1.82) is 0 Å². The van der Waals surface area contributed by atoms with Gasteiger partial charge in [-0.1, -0.05) is 17.7 Å². The molecule has 7 nitrogen and oxygen atoms in total. The summed E-state index contributed by atoms with van der Waals surface area (Å²) in [6.07, 6.45) is 0.989. The Bertz CT molecular complexity index is 786. The third-order valence-corrected chi connectivity index (χ3v) is 5.35. The standard InChI is InChI=1S/C18H19ClN2O5/c1-26-13(22)9-21-17(25)14-15(23)11-8-10(19)2-3-12(11)18(16(14)24)4-6-20-7-5-18/h2-3,8,14,20H,4-7,9H2,1H3,(H,21,25). The Kier molecular flexibility index (Phi) is 5.11. The van der Waals surface area contributed by atoms with Crippen LogP contribution in [0.5, 0.6) is 0 Å². The van der Waals surface area contributed by atoms with Crippen LogP contribution in [0, 0.1) is 5.92 Å². The van der Waals surface area contributed by atoms with E-state index in [1.807, 2.05) is 0 Å². The molecule has 8 heteroatoms. The van der Waals surface area contributed by atoms with E-state index in [1.165, 1.54) is 13.2 Å². The zero-order valence-electron chi connectivity index (χ0n) is 14.3. The van der Waals surface area contributed by atoms with Gasteiger partial charge in [-0.05, 0) is 43.6 Å². The minimum Gasteiger partial charge on any atom is -0.468 e. The van der Waals surface area contributed by atoms with Gasteiger partial charge in [-0.25, -0.2) is 0 Å². The number of carbonyl (C=O) groups excluding carboxylic acids is 4. The molecule has 1 saturated heterocycles. The quantitative estimate of drug-likeness (QED) is 0.591. The number of Topliss-reactive ketones (excluding diaryl/α,β-unsaturated/α-hetero) is 2. The van der Waals surface area contributed by atoms with Crippen molar-refractivity contribution >= 4 is 35.0 Å². The number of rotatable bonds is 3. The highest BCUT2D eigenvalue weighted by molar-refractivity contribution is 6.33. The van der Waals surface area contributed by atoms with Gasteiger partial charge in [0, 0.05) is 10.6 Å². The summed E-state index contributed by atoms with van der Waals surface area (Å²) in [5, 5.41) is 5.89. The molecule has 1 fully saturated rings. The molecule has 0 bridgehead atoms. The minimum atomic E-state index is -1.48. The molecule has 1 aromatic rings. The Labute approximate surface area is 155 Å².